The Morgan fingerprint density at radius 1 is 1.39 bits per heavy atom. The minimum atomic E-state index is 0.615. The fourth-order valence-corrected chi connectivity index (χ4v) is 2.83. The third-order valence-corrected chi connectivity index (χ3v) is 4.49. The maximum Gasteiger partial charge on any atom is 0.161 e. The van der Waals surface area contributed by atoms with E-state index in [1.54, 1.807) is 0 Å². The maximum atomic E-state index is 4.56. The zero-order chi connectivity index (χ0) is 13.1. The van der Waals surface area contributed by atoms with Crippen molar-refractivity contribution in [3.05, 3.63) is 24.3 Å². The van der Waals surface area contributed by atoms with E-state index < -0.39 is 0 Å². The molecule has 4 heteroatoms. The van der Waals surface area contributed by atoms with Gasteiger partial charge < -0.3 is 10.2 Å². The molecule has 0 aromatic heterocycles. The fourth-order valence-electron chi connectivity index (χ4n) is 1.79. The average molecular weight is 263 g/mol. The molecule has 1 aromatic carbocycles. The molecule has 1 aromatic rings. The van der Waals surface area contributed by atoms with Gasteiger partial charge in [-0.25, -0.2) is 0 Å². The summed E-state index contributed by atoms with van der Waals surface area (Å²) >= 11 is 1.85. The Balaban J connectivity index is 2.00. The second kappa shape index (κ2) is 5.65. The fraction of sp³-hybridized carbons (Fsp3) is 0.500. The molecule has 1 N–H and O–H groups in total. The van der Waals surface area contributed by atoms with Crippen molar-refractivity contribution in [1.29, 1.82) is 0 Å². The molecule has 0 bridgehead atoms. The van der Waals surface area contributed by atoms with E-state index in [2.05, 4.69) is 67.4 Å². The molecule has 1 unspecified atom stereocenters. The van der Waals surface area contributed by atoms with Crippen LogP contribution >= 0.6 is 11.8 Å². The number of rotatable bonds is 3. The van der Waals surface area contributed by atoms with Crippen LogP contribution in [-0.4, -0.2) is 31.1 Å². The number of hydrogen-bond donors (Lipinski definition) is 1. The second-order valence-electron chi connectivity index (χ2n) is 5.12. The van der Waals surface area contributed by atoms with E-state index >= 15 is 0 Å². The van der Waals surface area contributed by atoms with E-state index in [-0.39, 0.29) is 0 Å². The van der Waals surface area contributed by atoms with Crippen molar-refractivity contribution < 1.29 is 0 Å². The third kappa shape index (κ3) is 3.19. The van der Waals surface area contributed by atoms with Gasteiger partial charge in [-0.2, -0.15) is 0 Å². The molecular formula is C14H21N3S. The Hall–Kier alpha value is -1.16. The van der Waals surface area contributed by atoms with Crippen molar-refractivity contribution in [3.63, 3.8) is 0 Å². The van der Waals surface area contributed by atoms with Crippen molar-refractivity contribution in [1.82, 2.24) is 0 Å². The molecule has 0 saturated heterocycles. The van der Waals surface area contributed by atoms with Crippen LogP contribution in [0.1, 0.15) is 13.8 Å². The Kier molecular flexibility index (Phi) is 4.17. The van der Waals surface area contributed by atoms with Gasteiger partial charge in [0.15, 0.2) is 5.17 Å². The molecule has 1 heterocycles. The summed E-state index contributed by atoms with van der Waals surface area (Å²) in [6.45, 7) is 5.43. The predicted octanol–water partition coefficient (Wildman–Crippen LogP) is 3.29. The van der Waals surface area contributed by atoms with Crippen LogP contribution in [0.15, 0.2) is 29.3 Å². The van der Waals surface area contributed by atoms with Gasteiger partial charge in [0.1, 0.15) is 0 Å². The van der Waals surface area contributed by atoms with Gasteiger partial charge in [-0.15, -0.1) is 0 Å². The van der Waals surface area contributed by atoms with Gasteiger partial charge in [0, 0.05) is 30.7 Å². The van der Waals surface area contributed by atoms with Crippen molar-refractivity contribution in [2.75, 3.05) is 30.9 Å². The summed E-state index contributed by atoms with van der Waals surface area (Å²) in [4.78, 5) is 6.67. The van der Waals surface area contributed by atoms with Crippen LogP contribution in [0.25, 0.3) is 0 Å². The van der Waals surface area contributed by atoms with Crippen LogP contribution < -0.4 is 10.2 Å². The van der Waals surface area contributed by atoms with Gasteiger partial charge in [0.25, 0.3) is 0 Å². The quantitative estimate of drug-likeness (QED) is 0.907. The molecule has 0 saturated carbocycles. The first-order valence-corrected chi connectivity index (χ1v) is 7.19. The Bertz CT molecular complexity index is 440. The van der Waals surface area contributed by atoms with Gasteiger partial charge in [-0.05, 0) is 24.1 Å². The van der Waals surface area contributed by atoms with Gasteiger partial charge in [-0.3, -0.25) is 4.99 Å². The summed E-state index contributed by atoms with van der Waals surface area (Å²) in [6, 6.07) is 8.40. The maximum absolute atomic E-state index is 4.56. The predicted molar refractivity (Wildman–Crippen MR) is 82.9 cm³/mol. The number of thioether (sulfide) groups is 1. The van der Waals surface area contributed by atoms with Crippen LogP contribution in [0.2, 0.25) is 0 Å². The molecule has 0 fully saturated rings. The van der Waals surface area contributed by atoms with Crippen LogP contribution in [0, 0.1) is 5.92 Å². The minimum absolute atomic E-state index is 0.615. The lowest BCUT2D eigenvalue weighted by Crippen LogP contribution is -2.13. The highest BCUT2D eigenvalue weighted by Gasteiger charge is 2.22. The SMILES string of the molecule is CC(C)C1CN=C(Nc2cccc(N(C)C)c2)S1. The van der Waals surface area contributed by atoms with E-state index in [4.69, 9.17) is 0 Å². The minimum Gasteiger partial charge on any atom is -0.378 e. The first-order chi connectivity index (χ1) is 8.56. The zero-order valence-electron chi connectivity index (χ0n) is 11.5. The normalized spacial score (nSPS) is 18.9. The molecule has 2 rings (SSSR count). The lowest BCUT2D eigenvalue weighted by Gasteiger charge is -2.15. The molecule has 1 aliphatic heterocycles. The van der Waals surface area contributed by atoms with Crippen molar-refractivity contribution >= 4 is 28.3 Å². The number of hydrogen-bond acceptors (Lipinski definition) is 4. The van der Waals surface area contributed by atoms with Crippen LogP contribution in [-0.2, 0) is 0 Å². The number of nitrogens with zero attached hydrogens (tertiary/aromatic N) is 2. The molecule has 18 heavy (non-hydrogen) atoms. The summed E-state index contributed by atoms with van der Waals surface area (Å²) in [7, 11) is 4.10. The van der Waals surface area contributed by atoms with Crippen molar-refractivity contribution in [2.24, 2.45) is 10.9 Å². The van der Waals surface area contributed by atoms with E-state index in [9.17, 15) is 0 Å². The summed E-state index contributed by atoms with van der Waals surface area (Å²) < 4.78 is 0. The highest BCUT2D eigenvalue weighted by Crippen LogP contribution is 2.28. The number of amidine groups is 1. The first kappa shape index (κ1) is 13.3. The van der Waals surface area contributed by atoms with Crippen LogP contribution in [0.4, 0.5) is 11.4 Å². The molecule has 3 nitrogen and oxygen atoms in total. The van der Waals surface area contributed by atoms with E-state index in [0.717, 1.165) is 17.4 Å². The largest absolute Gasteiger partial charge is 0.378 e. The second-order valence-corrected chi connectivity index (χ2v) is 6.34. The molecule has 0 spiro atoms. The Morgan fingerprint density at radius 3 is 2.78 bits per heavy atom. The molecule has 98 valence electrons. The topological polar surface area (TPSA) is 27.6 Å². The number of nitrogens with one attached hydrogen (secondary N) is 1. The van der Waals surface area contributed by atoms with Crippen LogP contribution in [0.5, 0.6) is 0 Å². The zero-order valence-corrected chi connectivity index (χ0v) is 12.3. The molecule has 0 radical (unpaired) electrons. The van der Waals surface area contributed by atoms with E-state index in [1.165, 1.54) is 5.69 Å². The number of benzene rings is 1. The summed E-state index contributed by atoms with van der Waals surface area (Å²) in [5.74, 6) is 0.672. The Morgan fingerprint density at radius 2 is 2.17 bits per heavy atom. The van der Waals surface area contributed by atoms with E-state index in [0.29, 0.717) is 11.2 Å². The lowest BCUT2D eigenvalue weighted by atomic mass is 10.1. The molecular weight excluding hydrogens is 242 g/mol. The Labute approximate surface area is 114 Å². The summed E-state index contributed by atoms with van der Waals surface area (Å²) in [6.07, 6.45) is 0. The monoisotopic (exact) mass is 263 g/mol. The van der Waals surface area contributed by atoms with Crippen molar-refractivity contribution in [2.45, 2.75) is 19.1 Å². The molecule has 1 atom stereocenters. The van der Waals surface area contributed by atoms with E-state index in [1.807, 2.05) is 11.8 Å². The summed E-state index contributed by atoms with van der Waals surface area (Å²) in [5, 5.41) is 5.07. The van der Waals surface area contributed by atoms with Gasteiger partial charge in [0.2, 0.25) is 0 Å². The van der Waals surface area contributed by atoms with Crippen molar-refractivity contribution in [3.8, 4) is 0 Å². The molecule has 1 aliphatic rings. The lowest BCUT2D eigenvalue weighted by molar-refractivity contribution is 0.621. The third-order valence-electron chi connectivity index (χ3n) is 3.04. The van der Waals surface area contributed by atoms with Gasteiger partial charge >= 0.3 is 0 Å². The first-order valence-electron chi connectivity index (χ1n) is 6.32. The highest BCUT2D eigenvalue weighted by molar-refractivity contribution is 8.15. The molecule has 0 amide bonds. The van der Waals surface area contributed by atoms with Gasteiger partial charge in [-0.1, -0.05) is 31.7 Å². The smallest absolute Gasteiger partial charge is 0.161 e. The van der Waals surface area contributed by atoms with Crippen LogP contribution in [0.3, 0.4) is 0 Å². The average Bonchev–Trinajstić information content (AvgIpc) is 2.78. The van der Waals surface area contributed by atoms with Gasteiger partial charge in [0.05, 0.1) is 6.54 Å². The number of anilines is 2. The standard InChI is InChI=1S/C14H21N3S/c1-10(2)13-9-15-14(18-13)16-11-6-5-7-12(8-11)17(3)4/h5-8,10,13H,9H2,1-4H3,(H,15,16). The summed E-state index contributed by atoms with van der Waals surface area (Å²) in [5.41, 5.74) is 2.31. The molecule has 0 aliphatic carbocycles. The highest BCUT2D eigenvalue weighted by atomic mass is 32.2. The number of aliphatic imine (C=N–C) groups is 1.